The van der Waals surface area contributed by atoms with Crippen LogP contribution in [0.3, 0.4) is 0 Å². The van der Waals surface area contributed by atoms with Crippen LogP contribution >= 0.6 is 11.3 Å². The van der Waals surface area contributed by atoms with Crippen LogP contribution in [0.25, 0.3) is 4.96 Å². The zero-order valence-corrected chi connectivity index (χ0v) is 10.1. The second-order valence-corrected chi connectivity index (χ2v) is 4.89. The first kappa shape index (κ1) is 10.6. The second kappa shape index (κ2) is 4.01. The molecule has 0 aliphatic carbocycles. The summed E-state index contributed by atoms with van der Waals surface area (Å²) in [6, 6.07) is 1.85. The maximum Gasteiger partial charge on any atom is 0.193 e. The van der Waals surface area contributed by atoms with Crippen molar-refractivity contribution >= 4 is 16.3 Å². The van der Waals surface area contributed by atoms with Gasteiger partial charge < -0.3 is 9.52 Å². The van der Waals surface area contributed by atoms with Gasteiger partial charge in [0.05, 0.1) is 12.0 Å². The number of aliphatic hydroxyl groups excluding tert-OH is 1. The van der Waals surface area contributed by atoms with E-state index in [-0.39, 0.29) is 0 Å². The van der Waals surface area contributed by atoms with Crippen LogP contribution in [-0.2, 0) is 6.42 Å². The fourth-order valence-electron chi connectivity index (χ4n) is 1.89. The first-order valence-electron chi connectivity index (χ1n) is 5.37. The second-order valence-electron chi connectivity index (χ2n) is 4.01. The van der Waals surface area contributed by atoms with Gasteiger partial charge in [-0.15, -0.1) is 11.3 Å². The molecule has 1 unspecified atom stereocenters. The topological polar surface area (TPSA) is 50.7 Å². The number of rotatable bonds is 3. The van der Waals surface area contributed by atoms with Gasteiger partial charge in [-0.3, -0.25) is 4.40 Å². The summed E-state index contributed by atoms with van der Waals surface area (Å²) in [7, 11) is 0. The molecule has 0 bridgehead atoms. The van der Waals surface area contributed by atoms with E-state index in [1.165, 1.54) is 0 Å². The lowest BCUT2D eigenvalue weighted by Crippen LogP contribution is -2.02. The lowest BCUT2D eigenvalue weighted by Gasteiger charge is -2.06. The lowest BCUT2D eigenvalue weighted by atomic mass is 10.1. The van der Waals surface area contributed by atoms with Gasteiger partial charge in [0.2, 0.25) is 0 Å². The highest BCUT2D eigenvalue weighted by molar-refractivity contribution is 7.15. The van der Waals surface area contributed by atoms with Gasteiger partial charge in [0.15, 0.2) is 4.96 Å². The highest BCUT2D eigenvalue weighted by atomic mass is 32.1. The van der Waals surface area contributed by atoms with Crippen molar-refractivity contribution in [2.75, 3.05) is 0 Å². The minimum atomic E-state index is -0.630. The molecular weight excluding hydrogens is 236 g/mol. The molecule has 3 rings (SSSR count). The number of aliphatic hydroxyl groups is 1. The standard InChI is InChI=1S/C12H12N2O2S/c1-8-2-4-16-11(8)10(15)6-9-7-14-3-5-17-12(14)13-9/h2-5,7,10,15H,6H2,1H3. The Morgan fingerprint density at radius 2 is 2.47 bits per heavy atom. The number of fused-ring (bicyclic) bond motifs is 1. The molecule has 0 fully saturated rings. The third-order valence-electron chi connectivity index (χ3n) is 2.75. The molecule has 0 aromatic carbocycles. The van der Waals surface area contributed by atoms with Crippen LogP contribution in [0.4, 0.5) is 0 Å². The third-order valence-corrected chi connectivity index (χ3v) is 3.52. The zero-order chi connectivity index (χ0) is 11.8. The van der Waals surface area contributed by atoms with E-state index in [0.717, 1.165) is 16.2 Å². The van der Waals surface area contributed by atoms with Crippen molar-refractivity contribution in [3.8, 4) is 0 Å². The van der Waals surface area contributed by atoms with Crippen LogP contribution < -0.4 is 0 Å². The average Bonchev–Trinajstić information content (AvgIpc) is 2.92. The summed E-state index contributed by atoms with van der Waals surface area (Å²) in [5.41, 5.74) is 1.85. The maximum absolute atomic E-state index is 10.1. The first-order chi connectivity index (χ1) is 8.24. The number of hydrogen-bond donors (Lipinski definition) is 1. The molecule has 0 radical (unpaired) electrons. The van der Waals surface area contributed by atoms with Crippen molar-refractivity contribution in [1.29, 1.82) is 0 Å². The van der Waals surface area contributed by atoms with E-state index >= 15 is 0 Å². The number of furan rings is 1. The number of imidazole rings is 1. The van der Waals surface area contributed by atoms with E-state index in [1.54, 1.807) is 17.6 Å². The SMILES string of the molecule is Cc1ccoc1C(O)Cc1cn2ccsc2n1. The van der Waals surface area contributed by atoms with Crippen LogP contribution in [0, 0.1) is 6.92 Å². The molecular formula is C12H12N2O2S. The molecule has 88 valence electrons. The Morgan fingerprint density at radius 1 is 1.59 bits per heavy atom. The fourth-order valence-corrected chi connectivity index (χ4v) is 2.61. The zero-order valence-electron chi connectivity index (χ0n) is 9.33. The van der Waals surface area contributed by atoms with Crippen LogP contribution in [0.15, 0.2) is 34.5 Å². The van der Waals surface area contributed by atoms with Crippen LogP contribution in [0.5, 0.6) is 0 Å². The molecule has 0 saturated heterocycles. The number of aryl methyl sites for hydroxylation is 1. The van der Waals surface area contributed by atoms with E-state index < -0.39 is 6.10 Å². The van der Waals surface area contributed by atoms with Gasteiger partial charge in [-0.1, -0.05) is 0 Å². The molecule has 0 amide bonds. The molecule has 0 saturated carbocycles. The lowest BCUT2D eigenvalue weighted by molar-refractivity contribution is 0.148. The van der Waals surface area contributed by atoms with Crippen molar-refractivity contribution in [3.63, 3.8) is 0 Å². The summed E-state index contributed by atoms with van der Waals surface area (Å²) < 4.78 is 7.23. The Labute approximate surface area is 102 Å². The minimum absolute atomic E-state index is 0.475. The summed E-state index contributed by atoms with van der Waals surface area (Å²) in [5, 5.41) is 12.1. The van der Waals surface area contributed by atoms with E-state index in [1.807, 2.05) is 35.2 Å². The molecule has 5 heteroatoms. The highest BCUT2D eigenvalue weighted by Gasteiger charge is 2.16. The summed E-state index contributed by atoms with van der Waals surface area (Å²) in [6.45, 7) is 1.92. The molecule has 1 N–H and O–H groups in total. The van der Waals surface area contributed by atoms with Gasteiger partial charge >= 0.3 is 0 Å². The molecule has 4 nitrogen and oxygen atoms in total. The Kier molecular flexibility index (Phi) is 2.49. The van der Waals surface area contributed by atoms with Gasteiger partial charge in [0, 0.05) is 24.2 Å². The molecule has 0 aliphatic heterocycles. The molecule has 3 heterocycles. The molecule has 17 heavy (non-hydrogen) atoms. The van der Waals surface area contributed by atoms with Gasteiger partial charge in [-0.25, -0.2) is 4.98 Å². The maximum atomic E-state index is 10.1. The predicted molar refractivity (Wildman–Crippen MR) is 65.2 cm³/mol. The highest BCUT2D eigenvalue weighted by Crippen LogP contribution is 2.22. The van der Waals surface area contributed by atoms with Crippen molar-refractivity contribution < 1.29 is 9.52 Å². The summed E-state index contributed by atoms with van der Waals surface area (Å²) in [4.78, 5) is 5.38. The van der Waals surface area contributed by atoms with Gasteiger partial charge in [-0.05, 0) is 18.6 Å². The summed E-state index contributed by atoms with van der Waals surface area (Å²) in [6.07, 6.45) is 5.34. The van der Waals surface area contributed by atoms with Crippen LogP contribution in [-0.4, -0.2) is 14.5 Å². The van der Waals surface area contributed by atoms with E-state index in [9.17, 15) is 5.11 Å². The molecule has 0 spiro atoms. The normalized spacial score (nSPS) is 13.3. The van der Waals surface area contributed by atoms with Gasteiger partial charge in [-0.2, -0.15) is 0 Å². The Bertz CT molecular complexity index is 609. The van der Waals surface area contributed by atoms with Crippen molar-refractivity contribution in [3.05, 3.63) is 47.1 Å². The Balaban J connectivity index is 1.83. The van der Waals surface area contributed by atoms with E-state index in [2.05, 4.69) is 4.98 Å². The average molecular weight is 248 g/mol. The Hall–Kier alpha value is -1.59. The van der Waals surface area contributed by atoms with Crippen molar-refractivity contribution in [1.82, 2.24) is 9.38 Å². The monoisotopic (exact) mass is 248 g/mol. The minimum Gasteiger partial charge on any atom is -0.466 e. The van der Waals surface area contributed by atoms with E-state index in [4.69, 9.17) is 4.42 Å². The van der Waals surface area contributed by atoms with Crippen molar-refractivity contribution in [2.45, 2.75) is 19.4 Å². The molecule has 3 aromatic heterocycles. The molecule has 1 atom stereocenters. The van der Waals surface area contributed by atoms with Crippen molar-refractivity contribution in [2.24, 2.45) is 0 Å². The smallest absolute Gasteiger partial charge is 0.193 e. The number of aromatic nitrogens is 2. The van der Waals surface area contributed by atoms with Gasteiger partial charge in [0.1, 0.15) is 11.9 Å². The number of thiazole rings is 1. The van der Waals surface area contributed by atoms with E-state index in [0.29, 0.717) is 12.2 Å². The molecule has 0 aliphatic rings. The predicted octanol–water partition coefficient (Wildman–Crippen LogP) is 2.57. The number of hydrogen-bond acceptors (Lipinski definition) is 4. The molecule has 3 aromatic rings. The third kappa shape index (κ3) is 1.87. The van der Waals surface area contributed by atoms with Crippen LogP contribution in [0.1, 0.15) is 23.1 Å². The van der Waals surface area contributed by atoms with Crippen LogP contribution in [0.2, 0.25) is 0 Å². The fraction of sp³-hybridized carbons (Fsp3) is 0.250. The quantitative estimate of drug-likeness (QED) is 0.775. The summed E-state index contributed by atoms with van der Waals surface area (Å²) in [5.74, 6) is 0.626. The first-order valence-corrected chi connectivity index (χ1v) is 6.25. The van der Waals surface area contributed by atoms with Gasteiger partial charge in [0.25, 0.3) is 0 Å². The largest absolute Gasteiger partial charge is 0.466 e. The summed E-state index contributed by atoms with van der Waals surface area (Å²) >= 11 is 1.58. The number of nitrogens with zero attached hydrogens (tertiary/aromatic N) is 2. The Morgan fingerprint density at radius 3 is 3.18 bits per heavy atom.